The predicted octanol–water partition coefficient (Wildman–Crippen LogP) is 4.48. The van der Waals surface area contributed by atoms with Gasteiger partial charge in [0, 0.05) is 16.8 Å². The van der Waals surface area contributed by atoms with Crippen LogP contribution >= 0.6 is 0 Å². The third kappa shape index (κ3) is 4.42. The molecule has 0 atom stereocenters. The first-order chi connectivity index (χ1) is 13.9. The van der Waals surface area contributed by atoms with Gasteiger partial charge in [-0.15, -0.1) is 0 Å². The van der Waals surface area contributed by atoms with E-state index in [0.717, 1.165) is 6.07 Å². The summed E-state index contributed by atoms with van der Waals surface area (Å²) in [5.41, 5.74) is 0.783. The summed E-state index contributed by atoms with van der Waals surface area (Å²) >= 11 is 0. The van der Waals surface area contributed by atoms with Crippen molar-refractivity contribution in [3.05, 3.63) is 94.8 Å². The molecule has 0 aliphatic rings. The number of anilines is 2. The number of carbonyl (C=O) groups excluding carboxylic acids is 2. The summed E-state index contributed by atoms with van der Waals surface area (Å²) in [5.74, 6) is -5.74. The molecule has 5 nitrogen and oxygen atoms in total. The molecule has 29 heavy (non-hydrogen) atoms. The van der Waals surface area contributed by atoms with Crippen molar-refractivity contribution in [3.8, 4) is 6.07 Å². The zero-order valence-corrected chi connectivity index (χ0v) is 14.7. The van der Waals surface area contributed by atoms with Crippen LogP contribution in [0.3, 0.4) is 0 Å². The van der Waals surface area contributed by atoms with Gasteiger partial charge in [-0.25, -0.2) is 13.2 Å². The number of nitriles is 1. The van der Waals surface area contributed by atoms with E-state index in [4.69, 9.17) is 5.26 Å². The van der Waals surface area contributed by atoms with Crippen LogP contribution in [0.4, 0.5) is 24.5 Å². The van der Waals surface area contributed by atoms with Crippen molar-refractivity contribution in [1.82, 2.24) is 0 Å². The Kier molecular flexibility index (Phi) is 5.60. The molecular formula is C21H12F3N3O2. The van der Waals surface area contributed by atoms with Crippen LogP contribution in [0.2, 0.25) is 0 Å². The quantitative estimate of drug-likeness (QED) is 0.639. The van der Waals surface area contributed by atoms with Gasteiger partial charge in [0.25, 0.3) is 11.8 Å². The molecule has 2 N–H and O–H groups in total. The lowest BCUT2D eigenvalue weighted by Crippen LogP contribution is -2.15. The minimum absolute atomic E-state index is 0.0871. The Hall–Kier alpha value is -4.12. The number of benzene rings is 3. The summed E-state index contributed by atoms with van der Waals surface area (Å²) in [7, 11) is 0. The van der Waals surface area contributed by atoms with Crippen LogP contribution in [0.5, 0.6) is 0 Å². The first-order valence-electron chi connectivity index (χ1n) is 8.25. The van der Waals surface area contributed by atoms with Crippen molar-refractivity contribution in [2.45, 2.75) is 0 Å². The largest absolute Gasteiger partial charge is 0.322 e. The molecule has 0 aromatic heterocycles. The van der Waals surface area contributed by atoms with Gasteiger partial charge in [0.15, 0.2) is 17.5 Å². The van der Waals surface area contributed by atoms with E-state index in [9.17, 15) is 22.8 Å². The lowest BCUT2D eigenvalue weighted by molar-refractivity contribution is 0.101. The Morgan fingerprint density at radius 1 is 0.724 bits per heavy atom. The second kappa shape index (κ2) is 8.27. The van der Waals surface area contributed by atoms with Gasteiger partial charge in [-0.1, -0.05) is 0 Å². The molecule has 0 radical (unpaired) electrons. The first kappa shape index (κ1) is 19.6. The summed E-state index contributed by atoms with van der Waals surface area (Å²) in [5, 5.41) is 13.6. The van der Waals surface area contributed by atoms with Crippen LogP contribution in [0.15, 0.2) is 60.7 Å². The van der Waals surface area contributed by atoms with Gasteiger partial charge in [0.05, 0.1) is 17.3 Å². The predicted molar refractivity (Wildman–Crippen MR) is 99.8 cm³/mol. The zero-order chi connectivity index (χ0) is 21.0. The average molecular weight is 395 g/mol. The number of nitrogens with zero attached hydrogens (tertiary/aromatic N) is 1. The summed E-state index contributed by atoms with van der Waals surface area (Å²) < 4.78 is 39.9. The molecule has 3 aromatic carbocycles. The van der Waals surface area contributed by atoms with E-state index in [1.165, 1.54) is 24.3 Å². The number of halogens is 3. The number of nitrogens with one attached hydrogen (secondary N) is 2. The van der Waals surface area contributed by atoms with E-state index in [2.05, 4.69) is 10.6 Å². The van der Waals surface area contributed by atoms with E-state index in [1.807, 2.05) is 6.07 Å². The van der Waals surface area contributed by atoms with Crippen LogP contribution in [0.25, 0.3) is 0 Å². The zero-order valence-electron chi connectivity index (χ0n) is 14.7. The molecule has 3 aromatic rings. The highest BCUT2D eigenvalue weighted by atomic mass is 19.2. The number of carbonyl (C=O) groups is 2. The van der Waals surface area contributed by atoms with Gasteiger partial charge in [0.1, 0.15) is 0 Å². The van der Waals surface area contributed by atoms with Crippen LogP contribution in [-0.4, -0.2) is 11.8 Å². The molecule has 0 spiro atoms. The fraction of sp³-hybridized carbons (Fsp3) is 0. The standard InChI is InChI=1S/C21H12F3N3O2/c22-16-9-10-17(19(24)18(16)23)27-21(29)14-5-3-13(4-6-14)20(28)26-15-7-1-12(11-25)2-8-15/h1-10H,(H,26,28)(H,27,29). The Morgan fingerprint density at radius 3 is 1.83 bits per heavy atom. The fourth-order valence-corrected chi connectivity index (χ4v) is 2.42. The number of hydrogen-bond acceptors (Lipinski definition) is 3. The van der Waals surface area contributed by atoms with Crippen molar-refractivity contribution in [2.24, 2.45) is 0 Å². The molecule has 3 rings (SSSR count). The highest BCUT2D eigenvalue weighted by Crippen LogP contribution is 2.20. The van der Waals surface area contributed by atoms with Gasteiger partial charge in [0.2, 0.25) is 0 Å². The van der Waals surface area contributed by atoms with Crippen molar-refractivity contribution < 1.29 is 22.8 Å². The molecule has 0 heterocycles. The molecule has 0 aliphatic heterocycles. The monoisotopic (exact) mass is 395 g/mol. The maximum absolute atomic E-state index is 13.7. The third-order valence-corrected chi connectivity index (χ3v) is 3.96. The highest BCUT2D eigenvalue weighted by Gasteiger charge is 2.16. The maximum Gasteiger partial charge on any atom is 0.255 e. The minimum atomic E-state index is -1.68. The maximum atomic E-state index is 13.7. The second-order valence-corrected chi connectivity index (χ2v) is 5.90. The molecule has 0 aliphatic carbocycles. The minimum Gasteiger partial charge on any atom is -0.322 e. The SMILES string of the molecule is N#Cc1ccc(NC(=O)c2ccc(C(=O)Nc3ccc(F)c(F)c3F)cc2)cc1. The van der Waals surface area contributed by atoms with Gasteiger partial charge in [-0.05, 0) is 60.7 Å². The Labute approximate surface area is 163 Å². The summed E-state index contributed by atoms with van der Waals surface area (Å²) in [6.07, 6.45) is 0. The van der Waals surface area contributed by atoms with Crippen LogP contribution in [-0.2, 0) is 0 Å². The van der Waals surface area contributed by atoms with Gasteiger partial charge in [-0.3, -0.25) is 9.59 Å². The third-order valence-electron chi connectivity index (χ3n) is 3.96. The van der Waals surface area contributed by atoms with E-state index < -0.39 is 35.0 Å². The van der Waals surface area contributed by atoms with Gasteiger partial charge >= 0.3 is 0 Å². The van der Waals surface area contributed by atoms with Crippen molar-refractivity contribution in [2.75, 3.05) is 10.6 Å². The highest BCUT2D eigenvalue weighted by molar-refractivity contribution is 6.07. The summed E-state index contributed by atoms with van der Waals surface area (Å²) in [4.78, 5) is 24.4. The Balaban J connectivity index is 1.69. The van der Waals surface area contributed by atoms with E-state index >= 15 is 0 Å². The molecule has 0 fully saturated rings. The van der Waals surface area contributed by atoms with E-state index in [-0.39, 0.29) is 11.1 Å². The topological polar surface area (TPSA) is 82.0 Å². The van der Waals surface area contributed by atoms with Crippen molar-refractivity contribution >= 4 is 23.2 Å². The van der Waals surface area contributed by atoms with Crippen LogP contribution < -0.4 is 10.6 Å². The lowest BCUT2D eigenvalue weighted by Gasteiger charge is -2.09. The molecule has 0 saturated heterocycles. The van der Waals surface area contributed by atoms with Crippen LogP contribution in [0.1, 0.15) is 26.3 Å². The Bertz CT molecular complexity index is 1120. The molecule has 144 valence electrons. The number of hydrogen-bond donors (Lipinski definition) is 2. The Morgan fingerprint density at radius 2 is 1.28 bits per heavy atom. The van der Waals surface area contributed by atoms with Crippen molar-refractivity contribution in [3.63, 3.8) is 0 Å². The van der Waals surface area contributed by atoms with Gasteiger partial charge in [-0.2, -0.15) is 5.26 Å². The number of amides is 2. The summed E-state index contributed by atoms with van der Waals surface area (Å²) in [6, 6.07) is 15.3. The molecule has 2 amide bonds. The second-order valence-electron chi connectivity index (χ2n) is 5.90. The summed E-state index contributed by atoms with van der Waals surface area (Å²) in [6.45, 7) is 0. The molecule has 0 saturated carbocycles. The van der Waals surface area contributed by atoms with Crippen molar-refractivity contribution in [1.29, 1.82) is 5.26 Å². The molecular weight excluding hydrogens is 383 g/mol. The molecule has 0 unspecified atom stereocenters. The van der Waals surface area contributed by atoms with E-state index in [0.29, 0.717) is 17.3 Å². The lowest BCUT2D eigenvalue weighted by atomic mass is 10.1. The van der Waals surface area contributed by atoms with E-state index in [1.54, 1.807) is 24.3 Å². The molecule has 0 bridgehead atoms. The van der Waals surface area contributed by atoms with Gasteiger partial charge < -0.3 is 10.6 Å². The van der Waals surface area contributed by atoms with Crippen LogP contribution in [0, 0.1) is 28.8 Å². The smallest absolute Gasteiger partial charge is 0.255 e. The average Bonchev–Trinajstić information content (AvgIpc) is 2.74. The normalized spacial score (nSPS) is 10.1. The molecule has 8 heteroatoms. The fourth-order valence-electron chi connectivity index (χ4n) is 2.42. The number of rotatable bonds is 4. The first-order valence-corrected chi connectivity index (χ1v) is 8.25.